The van der Waals surface area contributed by atoms with E-state index < -0.39 is 0 Å². The zero-order chi connectivity index (χ0) is 21.3. The van der Waals surface area contributed by atoms with Crippen LogP contribution in [0, 0.1) is 0 Å². The standard InChI is InChI=1S/C21H22N2O2.C4H11N/c1-2-3-9-23-19-6-4-16(14-24)12-18(19)22-21(23)13-15-5-7-20-17(11-15)8-10-25-20;1-3-5-4-2/h4-7,11-12,14H,2-3,8-10,13H2,1H3;5H,3-4H2,1-2H3. The first-order valence-corrected chi connectivity index (χ1v) is 11.1. The summed E-state index contributed by atoms with van der Waals surface area (Å²) in [5, 5.41) is 3.11. The first-order chi connectivity index (χ1) is 14.7. The van der Waals surface area contributed by atoms with Crippen LogP contribution in [0.2, 0.25) is 0 Å². The molecular weight excluding hydrogens is 374 g/mol. The minimum Gasteiger partial charge on any atom is -0.493 e. The van der Waals surface area contributed by atoms with Gasteiger partial charge in [-0.25, -0.2) is 4.98 Å². The molecular formula is C25H33N3O2. The molecule has 0 amide bonds. The van der Waals surface area contributed by atoms with Crippen molar-refractivity contribution in [2.75, 3.05) is 19.7 Å². The molecule has 0 spiro atoms. The summed E-state index contributed by atoms with van der Waals surface area (Å²) in [6, 6.07) is 12.2. The second-order valence-corrected chi connectivity index (χ2v) is 7.57. The Kier molecular flexibility index (Phi) is 8.03. The maximum atomic E-state index is 11.1. The van der Waals surface area contributed by atoms with Gasteiger partial charge in [-0.05, 0) is 54.9 Å². The van der Waals surface area contributed by atoms with Gasteiger partial charge in [-0.1, -0.05) is 39.3 Å². The Morgan fingerprint density at radius 2 is 1.97 bits per heavy atom. The maximum Gasteiger partial charge on any atom is 0.150 e. The van der Waals surface area contributed by atoms with Crippen molar-refractivity contribution in [3.63, 3.8) is 0 Å². The van der Waals surface area contributed by atoms with Crippen LogP contribution in [0.1, 0.15) is 60.9 Å². The van der Waals surface area contributed by atoms with Crippen LogP contribution in [-0.2, 0) is 19.4 Å². The molecule has 5 heteroatoms. The molecule has 2 heterocycles. The molecule has 30 heavy (non-hydrogen) atoms. The topological polar surface area (TPSA) is 56.2 Å². The first kappa shape index (κ1) is 22.0. The van der Waals surface area contributed by atoms with Crippen molar-refractivity contribution in [1.82, 2.24) is 14.9 Å². The molecule has 1 aliphatic heterocycles. The zero-order valence-corrected chi connectivity index (χ0v) is 18.4. The molecule has 0 atom stereocenters. The Hall–Kier alpha value is -2.66. The fourth-order valence-corrected chi connectivity index (χ4v) is 3.75. The van der Waals surface area contributed by atoms with Gasteiger partial charge < -0.3 is 14.6 Å². The Morgan fingerprint density at radius 3 is 2.67 bits per heavy atom. The summed E-state index contributed by atoms with van der Waals surface area (Å²) < 4.78 is 7.90. The van der Waals surface area contributed by atoms with Crippen LogP contribution in [0.4, 0.5) is 0 Å². The van der Waals surface area contributed by atoms with E-state index in [1.807, 2.05) is 18.2 Å². The van der Waals surface area contributed by atoms with Gasteiger partial charge in [0.05, 0.1) is 17.6 Å². The molecule has 1 N–H and O–H groups in total. The third-order valence-electron chi connectivity index (χ3n) is 5.34. The summed E-state index contributed by atoms with van der Waals surface area (Å²) in [5.74, 6) is 2.07. The van der Waals surface area contributed by atoms with Crippen LogP contribution < -0.4 is 10.1 Å². The normalized spacial score (nSPS) is 12.2. The van der Waals surface area contributed by atoms with Gasteiger partial charge in [0.2, 0.25) is 0 Å². The van der Waals surface area contributed by atoms with Crippen LogP contribution >= 0.6 is 0 Å². The van der Waals surface area contributed by atoms with Crippen molar-refractivity contribution >= 4 is 17.3 Å². The van der Waals surface area contributed by atoms with E-state index in [4.69, 9.17) is 9.72 Å². The average molecular weight is 408 g/mol. The van der Waals surface area contributed by atoms with Crippen LogP contribution in [0.15, 0.2) is 36.4 Å². The largest absolute Gasteiger partial charge is 0.493 e. The lowest BCUT2D eigenvalue weighted by atomic mass is 10.1. The lowest BCUT2D eigenvalue weighted by molar-refractivity contribution is 0.112. The van der Waals surface area contributed by atoms with Crippen molar-refractivity contribution in [3.05, 3.63) is 58.9 Å². The summed E-state index contributed by atoms with van der Waals surface area (Å²) in [7, 11) is 0. The second-order valence-electron chi connectivity index (χ2n) is 7.57. The van der Waals surface area contributed by atoms with Crippen LogP contribution in [0.25, 0.3) is 11.0 Å². The molecule has 5 nitrogen and oxygen atoms in total. The van der Waals surface area contributed by atoms with Gasteiger partial charge in [0, 0.05) is 24.9 Å². The summed E-state index contributed by atoms with van der Waals surface area (Å²) >= 11 is 0. The van der Waals surface area contributed by atoms with E-state index in [-0.39, 0.29) is 0 Å². The first-order valence-electron chi connectivity index (χ1n) is 11.1. The van der Waals surface area contributed by atoms with Gasteiger partial charge in [0.1, 0.15) is 17.9 Å². The summed E-state index contributed by atoms with van der Waals surface area (Å²) in [5.41, 5.74) is 5.23. The number of nitrogens with zero attached hydrogens (tertiary/aromatic N) is 2. The van der Waals surface area contributed by atoms with Crippen LogP contribution in [0.5, 0.6) is 5.75 Å². The van der Waals surface area contributed by atoms with Crippen LogP contribution in [0.3, 0.4) is 0 Å². The molecule has 1 aromatic heterocycles. The quantitative estimate of drug-likeness (QED) is 0.546. The van der Waals surface area contributed by atoms with Gasteiger partial charge >= 0.3 is 0 Å². The number of fused-ring (bicyclic) bond motifs is 2. The predicted molar refractivity (Wildman–Crippen MR) is 123 cm³/mol. The summed E-state index contributed by atoms with van der Waals surface area (Å²) in [4.78, 5) is 15.9. The second kappa shape index (κ2) is 10.9. The number of aryl methyl sites for hydroxylation is 1. The van der Waals surface area contributed by atoms with Gasteiger partial charge in [0.25, 0.3) is 0 Å². The number of hydrogen-bond acceptors (Lipinski definition) is 4. The third kappa shape index (κ3) is 5.28. The molecule has 0 fully saturated rings. The van der Waals surface area contributed by atoms with E-state index in [0.29, 0.717) is 5.56 Å². The van der Waals surface area contributed by atoms with Crippen LogP contribution in [-0.4, -0.2) is 35.5 Å². The Balaban J connectivity index is 0.000000461. The highest BCUT2D eigenvalue weighted by Gasteiger charge is 2.15. The highest BCUT2D eigenvalue weighted by molar-refractivity contribution is 5.85. The van der Waals surface area contributed by atoms with Gasteiger partial charge in [-0.15, -0.1) is 0 Å². The number of aromatic nitrogens is 2. The smallest absolute Gasteiger partial charge is 0.150 e. The Labute approximate surface area is 179 Å². The van der Waals surface area contributed by atoms with Gasteiger partial charge in [-0.3, -0.25) is 4.79 Å². The number of benzene rings is 2. The fourth-order valence-electron chi connectivity index (χ4n) is 3.75. The molecule has 0 aliphatic carbocycles. The number of carbonyl (C=O) groups excluding carboxylic acids is 1. The molecule has 0 unspecified atom stereocenters. The molecule has 0 saturated carbocycles. The minimum absolute atomic E-state index is 0.675. The van der Waals surface area contributed by atoms with E-state index in [1.165, 1.54) is 11.1 Å². The molecule has 2 aromatic carbocycles. The van der Waals surface area contributed by atoms with E-state index in [0.717, 1.165) is 80.8 Å². The Bertz CT molecular complexity index is 976. The van der Waals surface area contributed by atoms with Crippen molar-refractivity contribution < 1.29 is 9.53 Å². The maximum absolute atomic E-state index is 11.1. The number of aldehydes is 1. The number of rotatable bonds is 8. The number of carbonyl (C=O) groups is 1. The van der Waals surface area contributed by atoms with Crippen molar-refractivity contribution in [2.45, 2.75) is 53.0 Å². The molecule has 0 radical (unpaired) electrons. The molecule has 1 aliphatic rings. The van der Waals surface area contributed by atoms with Gasteiger partial charge in [0.15, 0.2) is 0 Å². The van der Waals surface area contributed by atoms with E-state index in [1.54, 1.807) is 0 Å². The fraction of sp³-hybridized carbons (Fsp3) is 0.440. The minimum atomic E-state index is 0.675. The average Bonchev–Trinajstić information content (AvgIpc) is 3.36. The zero-order valence-electron chi connectivity index (χ0n) is 18.4. The third-order valence-corrected chi connectivity index (χ3v) is 5.34. The lowest BCUT2D eigenvalue weighted by Crippen LogP contribution is -2.09. The number of ether oxygens (including phenoxy) is 1. The molecule has 0 saturated heterocycles. The van der Waals surface area contributed by atoms with Crippen molar-refractivity contribution in [1.29, 1.82) is 0 Å². The van der Waals surface area contributed by atoms with E-state index in [9.17, 15) is 4.79 Å². The lowest BCUT2D eigenvalue weighted by Gasteiger charge is -2.09. The summed E-state index contributed by atoms with van der Waals surface area (Å²) in [6.07, 6.45) is 4.92. The van der Waals surface area contributed by atoms with E-state index in [2.05, 4.69) is 48.9 Å². The molecule has 0 bridgehead atoms. The van der Waals surface area contributed by atoms with Gasteiger partial charge in [-0.2, -0.15) is 0 Å². The molecule has 4 rings (SSSR count). The highest BCUT2D eigenvalue weighted by atomic mass is 16.5. The predicted octanol–water partition coefficient (Wildman–Crippen LogP) is 4.79. The SMILES string of the molecule is CCCCn1c(Cc2ccc3c(c2)CCO3)nc2cc(C=O)ccc21.CCNCC. The number of imidazole rings is 1. The van der Waals surface area contributed by atoms with E-state index >= 15 is 0 Å². The molecule has 160 valence electrons. The van der Waals surface area contributed by atoms with Crippen molar-refractivity contribution in [2.24, 2.45) is 0 Å². The summed E-state index contributed by atoms with van der Waals surface area (Å²) in [6.45, 7) is 10.3. The van der Waals surface area contributed by atoms with Crippen molar-refractivity contribution in [3.8, 4) is 5.75 Å². The highest BCUT2D eigenvalue weighted by Crippen LogP contribution is 2.27. The Morgan fingerprint density at radius 1 is 1.13 bits per heavy atom. The number of hydrogen-bond donors (Lipinski definition) is 1. The number of unbranched alkanes of at least 4 members (excludes halogenated alkanes) is 1. The monoisotopic (exact) mass is 407 g/mol. The number of nitrogens with one attached hydrogen (secondary N) is 1. The molecule has 3 aromatic rings.